The van der Waals surface area contributed by atoms with E-state index in [0.29, 0.717) is 5.02 Å². The highest BCUT2D eigenvalue weighted by molar-refractivity contribution is 7.92. The van der Waals surface area contributed by atoms with E-state index in [9.17, 15) is 35.8 Å². The maximum atomic E-state index is 13.0. The molecule has 9 nitrogen and oxygen atoms in total. The lowest BCUT2D eigenvalue weighted by Crippen LogP contribution is -2.49. The number of sulfonamides is 1. The predicted octanol–water partition coefficient (Wildman–Crippen LogP) is 1.35. The standard InChI is InChI=1S/C16H17ClN2O6S2.CF2O/c17-12-3-5-13(6-4-12)26(22,23)15-9-19(10-16(15,21)11-20)27(24,25)14-2-1-7-18-8-14;2-1(3)4/h1-8,15,20-21H,9-11H2;/t15-,16+;/m0./s1. The summed E-state index contributed by atoms with van der Waals surface area (Å²) in [5.74, 6) is 0. The maximum Gasteiger partial charge on any atom is 0.483 e. The maximum absolute atomic E-state index is 13.0. The van der Waals surface area contributed by atoms with Crippen LogP contribution in [0.2, 0.25) is 5.02 Å². The summed E-state index contributed by atoms with van der Waals surface area (Å²) >= 11 is 5.78. The molecule has 2 N–H and O–H groups in total. The van der Waals surface area contributed by atoms with Crippen molar-refractivity contribution in [1.29, 1.82) is 0 Å². The lowest BCUT2D eigenvalue weighted by Gasteiger charge is -2.26. The van der Waals surface area contributed by atoms with Gasteiger partial charge < -0.3 is 10.2 Å². The van der Waals surface area contributed by atoms with E-state index in [4.69, 9.17) is 16.4 Å². The zero-order valence-corrected chi connectivity index (χ0v) is 18.0. The first-order chi connectivity index (χ1) is 14.3. The van der Waals surface area contributed by atoms with E-state index >= 15 is 0 Å². The van der Waals surface area contributed by atoms with E-state index in [2.05, 4.69) is 4.98 Å². The van der Waals surface area contributed by atoms with Gasteiger partial charge >= 0.3 is 6.29 Å². The first kappa shape index (κ1) is 25.2. The van der Waals surface area contributed by atoms with Gasteiger partial charge in [-0.1, -0.05) is 11.6 Å². The number of halogens is 3. The van der Waals surface area contributed by atoms with Crippen LogP contribution in [0.15, 0.2) is 58.6 Å². The van der Waals surface area contributed by atoms with Gasteiger partial charge in [0, 0.05) is 30.5 Å². The quantitative estimate of drug-likeness (QED) is 0.588. The Kier molecular flexibility index (Phi) is 7.84. The van der Waals surface area contributed by atoms with Crippen molar-refractivity contribution in [3.63, 3.8) is 0 Å². The SMILES string of the molecule is O=C(F)F.O=S(=O)(c1ccc(Cl)cc1)[C@H]1CN(S(=O)(=O)c2cccnc2)C[C@@]1(O)CO. The van der Waals surface area contributed by atoms with Crippen molar-refractivity contribution in [2.75, 3.05) is 19.7 Å². The number of carbonyl (C=O) groups is 1. The van der Waals surface area contributed by atoms with Crippen molar-refractivity contribution in [3.8, 4) is 0 Å². The van der Waals surface area contributed by atoms with E-state index < -0.39 is 56.7 Å². The molecule has 170 valence electrons. The number of sulfone groups is 1. The highest BCUT2D eigenvalue weighted by Crippen LogP contribution is 2.34. The second kappa shape index (κ2) is 9.63. The van der Waals surface area contributed by atoms with Gasteiger partial charge in [-0.3, -0.25) is 4.98 Å². The molecule has 0 radical (unpaired) electrons. The van der Waals surface area contributed by atoms with Crippen LogP contribution in [0.5, 0.6) is 0 Å². The number of carbonyl (C=O) groups excluding carboxylic acids is 1. The number of benzene rings is 1. The molecule has 0 spiro atoms. The average Bonchev–Trinajstić information content (AvgIpc) is 3.08. The van der Waals surface area contributed by atoms with E-state index in [-0.39, 0.29) is 9.79 Å². The molecule has 3 rings (SSSR count). The summed E-state index contributed by atoms with van der Waals surface area (Å²) in [7, 11) is -8.23. The van der Waals surface area contributed by atoms with Crippen LogP contribution < -0.4 is 0 Å². The summed E-state index contributed by atoms with van der Waals surface area (Å²) in [6, 6.07) is 8.06. The number of aromatic nitrogens is 1. The number of rotatable bonds is 5. The molecule has 0 amide bonds. The third kappa shape index (κ3) is 5.61. The molecule has 1 aliphatic heterocycles. The van der Waals surface area contributed by atoms with Crippen LogP contribution in [0, 0.1) is 0 Å². The monoisotopic (exact) mass is 498 g/mol. The van der Waals surface area contributed by atoms with Crippen molar-refractivity contribution in [2.45, 2.75) is 20.6 Å². The molecule has 14 heteroatoms. The molecule has 0 saturated carbocycles. The van der Waals surface area contributed by atoms with Gasteiger partial charge in [-0.15, -0.1) is 8.78 Å². The average molecular weight is 499 g/mol. The molecule has 1 aromatic carbocycles. The Labute approximate surface area is 181 Å². The Bertz CT molecular complexity index is 1130. The van der Waals surface area contributed by atoms with Crippen LogP contribution in [-0.2, 0) is 19.9 Å². The number of nitrogens with zero attached hydrogens (tertiary/aromatic N) is 2. The zero-order valence-electron chi connectivity index (χ0n) is 15.6. The van der Waals surface area contributed by atoms with Gasteiger partial charge in [-0.05, 0) is 36.4 Å². The summed E-state index contributed by atoms with van der Waals surface area (Å²) in [6.45, 7) is -1.97. The first-order valence-electron chi connectivity index (χ1n) is 8.42. The van der Waals surface area contributed by atoms with E-state index in [1.807, 2.05) is 0 Å². The van der Waals surface area contributed by atoms with Crippen molar-refractivity contribution in [1.82, 2.24) is 9.29 Å². The second-order valence-electron chi connectivity index (χ2n) is 6.46. The number of pyridine rings is 1. The fourth-order valence-electron chi connectivity index (χ4n) is 2.99. The first-order valence-corrected chi connectivity index (χ1v) is 11.8. The van der Waals surface area contributed by atoms with Crippen molar-refractivity contribution >= 4 is 37.8 Å². The highest BCUT2D eigenvalue weighted by Gasteiger charge is 2.55. The lowest BCUT2D eigenvalue weighted by molar-refractivity contribution is 0.00160. The second-order valence-corrected chi connectivity index (χ2v) is 11.0. The fourth-order valence-corrected chi connectivity index (χ4v) is 6.63. The molecule has 1 saturated heterocycles. The Balaban J connectivity index is 0.000000785. The molecule has 0 bridgehead atoms. The smallest absolute Gasteiger partial charge is 0.393 e. The van der Waals surface area contributed by atoms with Crippen LogP contribution in [0.1, 0.15) is 0 Å². The molecule has 1 fully saturated rings. The van der Waals surface area contributed by atoms with Crippen molar-refractivity contribution in [2.24, 2.45) is 0 Å². The third-order valence-electron chi connectivity index (χ3n) is 4.48. The summed E-state index contributed by atoms with van der Waals surface area (Å²) < 4.78 is 71.7. The Morgan fingerprint density at radius 1 is 1.16 bits per heavy atom. The molecule has 0 aliphatic carbocycles. The highest BCUT2D eigenvalue weighted by atomic mass is 35.5. The molecular formula is C17H17ClF2N2O7S2. The van der Waals surface area contributed by atoms with Crippen LogP contribution in [0.4, 0.5) is 13.6 Å². The fraction of sp³-hybridized carbons (Fsp3) is 0.294. The van der Waals surface area contributed by atoms with Crippen LogP contribution in [0.25, 0.3) is 0 Å². The van der Waals surface area contributed by atoms with E-state index in [1.165, 1.54) is 42.6 Å². The third-order valence-corrected chi connectivity index (χ3v) is 8.80. The minimum atomic E-state index is -4.14. The zero-order chi connectivity index (χ0) is 23.4. The summed E-state index contributed by atoms with van der Waals surface area (Å²) in [4.78, 5) is 11.6. The van der Waals surface area contributed by atoms with Crippen molar-refractivity contribution in [3.05, 3.63) is 53.8 Å². The van der Waals surface area contributed by atoms with Crippen LogP contribution in [0.3, 0.4) is 0 Å². The van der Waals surface area contributed by atoms with Gasteiger partial charge in [-0.25, -0.2) is 21.6 Å². The normalized spacial score (nSPS) is 21.9. The van der Waals surface area contributed by atoms with Gasteiger partial charge in [0.05, 0.1) is 11.5 Å². The summed E-state index contributed by atoms with van der Waals surface area (Å²) in [5.41, 5.74) is -2.15. The predicted molar refractivity (Wildman–Crippen MR) is 105 cm³/mol. The van der Waals surface area contributed by atoms with Gasteiger partial charge in [0.1, 0.15) is 15.7 Å². The van der Waals surface area contributed by atoms with Gasteiger partial charge in [-0.2, -0.15) is 4.31 Å². The summed E-state index contributed by atoms with van der Waals surface area (Å²) in [5, 5.41) is 19.1. The number of hydrogen-bond donors (Lipinski definition) is 2. The number of hydrogen-bond acceptors (Lipinski definition) is 8. The topological polar surface area (TPSA) is 142 Å². The minimum absolute atomic E-state index is 0.121. The number of β-amino-alcohol motifs (C(OH)–C–C–N with tert-alkyl or cyclic N) is 1. The number of aliphatic hydroxyl groups is 2. The Morgan fingerprint density at radius 3 is 2.23 bits per heavy atom. The Hall–Kier alpha value is -2.03. The molecule has 1 aliphatic rings. The van der Waals surface area contributed by atoms with E-state index in [1.54, 1.807) is 0 Å². The van der Waals surface area contributed by atoms with Gasteiger partial charge in [0.25, 0.3) is 0 Å². The molecule has 0 unspecified atom stereocenters. The van der Waals surface area contributed by atoms with Crippen LogP contribution in [-0.4, -0.2) is 73.2 Å². The van der Waals surface area contributed by atoms with Crippen LogP contribution >= 0.6 is 11.6 Å². The van der Waals surface area contributed by atoms with Gasteiger partial charge in [0.2, 0.25) is 10.0 Å². The lowest BCUT2D eigenvalue weighted by atomic mass is 10.1. The molecule has 2 aromatic rings. The molecule has 2 atom stereocenters. The summed E-state index contributed by atoms with van der Waals surface area (Å²) in [6.07, 6.45) is -0.296. The Morgan fingerprint density at radius 2 is 1.74 bits per heavy atom. The molecule has 1 aromatic heterocycles. The van der Waals surface area contributed by atoms with Gasteiger partial charge in [0.15, 0.2) is 9.84 Å². The minimum Gasteiger partial charge on any atom is -0.393 e. The molecule has 2 heterocycles. The number of aliphatic hydroxyl groups excluding tert-OH is 1. The largest absolute Gasteiger partial charge is 0.483 e. The molecule has 31 heavy (non-hydrogen) atoms. The molecular weight excluding hydrogens is 482 g/mol. The van der Waals surface area contributed by atoms with E-state index in [0.717, 1.165) is 10.5 Å². The van der Waals surface area contributed by atoms with Crippen molar-refractivity contribution < 1.29 is 40.6 Å².